The number of hydrogen-bond donors (Lipinski definition) is 1. The molecule has 2 heteroatoms. The van der Waals surface area contributed by atoms with Crippen LogP contribution in [0.25, 0.3) is 10.8 Å². The number of halogens is 1. The Labute approximate surface area is 110 Å². The molecule has 0 heterocycles. The maximum atomic E-state index is 10.0. The summed E-state index contributed by atoms with van der Waals surface area (Å²) in [7, 11) is 0. The fourth-order valence-corrected chi connectivity index (χ4v) is 2.21. The number of benzene rings is 2. The van der Waals surface area contributed by atoms with E-state index in [-0.39, 0.29) is 0 Å². The lowest BCUT2D eigenvalue weighted by Crippen LogP contribution is -1.93. The van der Waals surface area contributed by atoms with Crippen molar-refractivity contribution in [1.82, 2.24) is 0 Å². The van der Waals surface area contributed by atoms with Crippen LogP contribution in [0.4, 0.5) is 0 Å². The SMILES string of the molecule is CC(C)=CC(O)c1ccc2cc(Br)ccc2c1. The average molecular weight is 291 g/mol. The maximum absolute atomic E-state index is 10.0. The predicted molar refractivity (Wildman–Crippen MR) is 76.0 cm³/mol. The Bertz CT molecular complexity index is 568. The minimum absolute atomic E-state index is 0.520. The van der Waals surface area contributed by atoms with Crippen LogP contribution in [-0.4, -0.2) is 5.11 Å². The first-order valence-electron chi connectivity index (χ1n) is 5.58. The smallest absolute Gasteiger partial charge is 0.0974 e. The van der Waals surface area contributed by atoms with Gasteiger partial charge in [-0.15, -0.1) is 0 Å². The molecular weight excluding hydrogens is 276 g/mol. The number of fused-ring (bicyclic) bond motifs is 1. The summed E-state index contributed by atoms with van der Waals surface area (Å²) >= 11 is 3.45. The number of aliphatic hydroxyl groups excluding tert-OH is 1. The van der Waals surface area contributed by atoms with Crippen LogP contribution in [-0.2, 0) is 0 Å². The number of hydrogen-bond acceptors (Lipinski definition) is 1. The third kappa shape index (κ3) is 2.96. The summed E-state index contributed by atoms with van der Waals surface area (Å²) in [6.07, 6.45) is 1.34. The predicted octanol–water partition coefficient (Wildman–Crippen LogP) is 4.60. The van der Waals surface area contributed by atoms with Crippen molar-refractivity contribution in [2.75, 3.05) is 0 Å². The Balaban J connectivity index is 2.44. The van der Waals surface area contributed by atoms with Gasteiger partial charge in [0.1, 0.15) is 0 Å². The van der Waals surface area contributed by atoms with E-state index in [1.807, 2.05) is 44.2 Å². The molecule has 17 heavy (non-hydrogen) atoms. The largest absolute Gasteiger partial charge is 0.384 e. The molecule has 1 atom stereocenters. The van der Waals surface area contributed by atoms with Crippen LogP contribution in [0.3, 0.4) is 0 Å². The van der Waals surface area contributed by atoms with Gasteiger partial charge in [0.05, 0.1) is 6.10 Å². The maximum Gasteiger partial charge on any atom is 0.0974 e. The minimum atomic E-state index is -0.520. The molecule has 2 rings (SSSR count). The van der Waals surface area contributed by atoms with E-state index in [0.717, 1.165) is 21.0 Å². The van der Waals surface area contributed by atoms with Gasteiger partial charge in [0.15, 0.2) is 0 Å². The van der Waals surface area contributed by atoms with Gasteiger partial charge in [0.2, 0.25) is 0 Å². The van der Waals surface area contributed by atoms with Crippen molar-refractivity contribution in [2.24, 2.45) is 0 Å². The van der Waals surface area contributed by atoms with Crippen molar-refractivity contribution >= 4 is 26.7 Å². The minimum Gasteiger partial charge on any atom is -0.384 e. The fraction of sp³-hybridized carbons (Fsp3) is 0.200. The molecule has 0 aliphatic heterocycles. The highest BCUT2D eigenvalue weighted by Gasteiger charge is 2.05. The summed E-state index contributed by atoms with van der Waals surface area (Å²) < 4.78 is 1.07. The summed E-state index contributed by atoms with van der Waals surface area (Å²) in [5.41, 5.74) is 2.05. The van der Waals surface area contributed by atoms with E-state index in [1.54, 1.807) is 0 Å². The molecule has 2 aromatic rings. The van der Waals surface area contributed by atoms with Crippen molar-refractivity contribution in [3.63, 3.8) is 0 Å². The van der Waals surface area contributed by atoms with Crippen LogP contribution in [0.2, 0.25) is 0 Å². The molecule has 0 amide bonds. The lowest BCUT2D eigenvalue weighted by molar-refractivity contribution is 0.228. The zero-order chi connectivity index (χ0) is 12.4. The van der Waals surface area contributed by atoms with Gasteiger partial charge in [-0.3, -0.25) is 0 Å². The molecule has 1 N–H and O–H groups in total. The highest BCUT2D eigenvalue weighted by molar-refractivity contribution is 9.10. The molecule has 0 spiro atoms. The first-order valence-corrected chi connectivity index (χ1v) is 6.38. The second kappa shape index (κ2) is 5.03. The Morgan fingerprint density at radius 3 is 2.47 bits per heavy atom. The van der Waals surface area contributed by atoms with Gasteiger partial charge in [-0.1, -0.05) is 45.8 Å². The Hall–Kier alpha value is -1.12. The summed E-state index contributed by atoms with van der Waals surface area (Å²) in [5, 5.41) is 12.3. The summed E-state index contributed by atoms with van der Waals surface area (Å²) in [6, 6.07) is 12.2. The molecule has 1 nitrogen and oxygen atoms in total. The molecule has 0 bridgehead atoms. The number of rotatable bonds is 2. The lowest BCUT2D eigenvalue weighted by atomic mass is 10.0. The first-order chi connectivity index (χ1) is 8.06. The second-order valence-corrected chi connectivity index (χ2v) is 5.36. The summed E-state index contributed by atoms with van der Waals surface area (Å²) in [6.45, 7) is 3.97. The van der Waals surface area contributed by atoms with E-state index in [4.69, 9.17) is 0 Å². The number of aliphatic hydroxyl groups is 1. The van der Waals surface area contributed by atoms with E-state index in [2.05, 4.69) is 28.1 Å². The standard InChI is InChI=1S/C15H15BrO/c1-10(2)7-15(17)13-4-3-12-9-14(16)6-5-11(12)8-13/h3-9,15,17H,1-2H3. The van der Waals surface area contributed by atoms with Crippen molar-refractivity contribution in [2.45, 2.75) is 20.0 Å². The lowest BCUT2D eigenvalue weighted by Gasteiger charge is -2.08. The van der Waals surface area contributed by atoms with E-state index in [1.165, 1.54) is 5.39 Å². The Kier molecular flexibility index (Phi) is 3.65. The van der Waals surface area contributed by atoms with E-state index < -0.39 is 6.10 Å². The van der Waals surface area contributed by atoms with E-state index in [0.29, 0.717) is 0 Å². The quantitative estimate of drug-likeness (QED) is 0.802. The molecule has 0 aliphatic carbocycles. The van der Waals surface area contributed by atoms with Crippen molar-refractivity contribution < 1.29 is 5.11 Å². The van der Waals surface area contributed by atoms with Crippen LogP contribution in [0.5, 0.6) is 0 Å². The molecule has 0 saturated carbocycles. The highest BCUT2D eigenvalue weighted by atomic mass is 79.9. The molecule has 0 aromatic heterocycles. The van der Waals surface area contributed by atoms with Gasteiger partial charge in [-0.25, -0.2) is 0 Å². The van der Waals surface area contributed by atoms with E-state index in [9.17, 15) is 5.11 Å². The van der Waals surface area contributed by atoms with Crippen molar-refractivity contribution in [3.05, 3.63) is 58.1 Å². The summed E-state index contributed by atoms with van der Waals surface area (Å²) in [4.78, 5) is 0. The second-order valence-electron chi connectivity index (χ2n) is 4.44. The molecule has 2 aromatic carbocycles. The highest BCUT2D eigenvalue weighted by Crippen LogP contribution is 2.24. The zero-order valence-electron chi connectivity index (χ0n) is 9.94. The molecule has 0 saturated heterocycles. The molecule has 0 aliphatic rings. The van der Waals surface area contributed by atoms with E-state index >= 15 is 0 Å². The fourth-order valence-electron chi connectivity index (χ4n) is 1.83. The Morgan fingerprint density at radius 2 is 1.76 bits per heavy atom. The van der Waals surface area contributed by atoms with Crippen LogP contribution in [0.1, 0.15) is 25.5 Å². The van der Waals surface area contributed by atoms with Gasteiger partial charge < -0.3 is 5.11 Å². The van der Waals surface area contributed by atoms with Crippen LogP contribution < -0.4 is 0 Å². The topological polar surface area (TPSA) is 20.2 Å². The van der Waals surface area contributed by atoms with Gasteiger partial charge in [0, 0.05) is 4.47 Å². The first kappa shape index (κ1) is 12.3. The van der Waals surface area contributed by atoms with Gasteiger partial charge in [0.25, 0.3) is 0 Å². The normalized spacial score (nSPS) is 12.5. The van der Waals surface area contributed by atoms with Gasteiger partial charge >= 0.3 is 0 Å². The van der Waals surface area contributed by atoms with Crippen molar-refractivity contribution in [3.8, 4) is 0 Å². The molecule has 0 radical (unpaired) electrons. The third-order valence-corrected chi connectivity index (χ3v) is 3.15. The number of allylic oxidation sites excluding steroid dienone is 1. The molecule has 88 valence electrons. The monoisotopic (exact) mass is 290 g/mol. The average Bonchev–Trinajstić information content (AvgIpc) is 2.27. The van der Waals surface area contributed by atoms with Crippen LogP contribution >= 0.6 is 15.9 Å². The summed E-state index contributed by atoms with van der Waals surface area (Å²) in [5.74, 6) is 0. The van der Waals surface area contributed by atoms with Gasteiger partial charge in [-0.2, -0.15) is 0 Å². The molecular formula is C15H15BrO. The van der Waals surface area contributed by atoms with Crippen LogP contribution in [0.15, 0.2) is 52.5 Å². The van der Waals surface area contributed by atoms with Gasteiger partial charge in [-0.05, 0) is 48.4 Å². The van der Waals surface area contributed by atoms with Crippen molar-refractivity contribution in [1.29, 1.82) is 0 Å². The molecule has 0 fully saturated rings. The van der Waals surface area contributed by atoms with Crippen LogP contribution in [0, 0.1) is 0 Å². The third-order valence-electron chi connectivity index (χ3n) is 2.66. The zero-order valence-corrected chi connectivity index (χ0v) is 11.5. The molecule has 1 unspecified atom stereocenters. The Morgan fingerprint density at radius 1 is 1.12 bits per heavy atom.